The van der Waals surface area contributed by atoms with Gasteiger partial charge in [-0.25, -0.2) is 0 Å². The molecular formula is C13H14IO2+. The van der Waals surface area contributed by atoms with Crippen molar-refractivity contribution in [2.75, 3.05) is 13.2 Å². The summed E-state index contributed by atoms with van der Waals surface area (Å²) in [4.78, 5) is 0. The van der Waals surface area contributed by atoms with Crippen molar-refractivity contribution >= 4 is 0 Å². The maximum atomic E-state index is 5.46. The van der Waals surface area contributed by atoms with Crippen LogP contribution in [-0.2, 0) is 9.47 Å². The Kier molecular flexibility index (Phi) is 5.13. The van der Waals surface area contributed by atoms with Crippen molar-refractivity contribution in [3.63, 3.8) is 0 Å². The van der Waals surface area contributed by atoms with Crippen LogP contribution in [0.4, 0.5) is 0 Å². The van der Waals surface area contributed by atoms with Gasteiger partial charge in [-0.2, -0.15) is 0 Å². The van der Waals surface area contributed by atoms with Gasteiger partial charge in [0.25, 0.3) is 0 Å². The first kappa shape index (κ1) is 11.9. The molecule has 0 radical (unpaired) electrons. The molecule has 1 saturated heterocycles. The van der Waals surface area contributed by atoms with E-state index in [1.807, 2.05) is 6.07 Å². The van der Waals surface area contributed by atoms with E-state index in [0.29, 0.717) is 6.61 Å². The average molecular weight is 329 g/mol. The fourth-order valence-electron chi connectivity index (χ4n) is 1.41. The van der Waals surface area contributed by atoms with E-state index in [2.05, 4.69) is 34.1 Å². The fraction of sp³-hybridized carbons (Fsp3) is 0.385. The van der Waals surface area contributed by atoms with Crippen LogP contribution in [0.25, 0.3) is 0 Å². The summed E-state index contributed by atoms with van der Waals surface area (Å²) in [5, 5.41) is 0. The van der Waals surface area contributed by atoms with Crippen molar-refractivity contribution in [1.29, 1.82) is 0 Å². The standard InChI is InChI=1S/C13H14IO2/c1-2-6-12(7-3-1)14-9-5-11-16-13-8-4-10-15-13/h1-3,6-7,13H,4,8,10-11H2/q+1. The Morgan fingerprint density at radius 2 is 2.25 bits per heavy atom. The van der Waals surface area contributed by atoms with Crippen molar-refractivity contribution in [1.82, 2.24) is 0 Å². The van der Waals surface area contributed by atoms with Crippen LogP contribution in [0.15, 0.2) is 30.3 Å². The lowest BCUT2D eigenvalue weighted by Gasteiger charge is -2.06. The minimum Gasteiger partial charge on any atom is -0.353 e. The first-order valence-electron chi connectivity index (χ1n) is 5.35. The van der Waals surface area contributed by atoms with Crippen LogP contribution in [0, 0.1) is 13.4 Å². The van der Waals surface area contributed by atoms with Crippen LogP contribution >= 0.6 is 0 Å². The summed E-state index contributed by atoms with van der Waals surface area (Å²) in [6.07, 6.45) is 2.11. The van der Waals surface area contributed by atoms with E-state index in [0.717, 1.165) is 19.4 Å². The highest BCUT2D eigenvalue weighted by molar-refractivity contribution is 5.00. The highest BCUT2D eigenvalue weighted by Gasteiger charge is 2.14. The molecule has 0 spiro atoms. The lowest BCUT2D eigenvalue weighted by Crippen LogP contribution is -3.59. The largest absolute Gasteiger partial charge is 0.419 e. The Bertz CT molecular complexity index is 361. The number of rotatable bonds is 3. The van der Waals surface area contributed by atoms with E-state index < -0.39 is 0 Å². The fourth-order valence-corrected chi connectivity index (χ4v) is 2.84. The predicted octanol–water partition coefficient (Wildman–Crippen LogP) is -0.941. The quantitative estimate of drug-likeness (QED) is 0.527. The number of benzene rings is 1. The maximum Gasteiger partial charge on any atom is 0.419 e. The van der Waals surface area contributed by atoms with Gasteiger partial charge in [-0.3, -0.25) is 0 Å². The number of halogens is 1. The van der Waals surface area contributed by atoms with Gasteiger partial charge < -0.3 is 9.47 Å². The molecule has 16 heavy (non-hydrogen) atoms. The van der Waals surface area contributed by atoms with Crippen molar-refractivity contribution in [2.24, 2.45) is 0 Å². The molecule has 0 aromatic heterocycles. The van der Waals surface area contributed by atoms with Gasteiger partial charge in [0.05, 0.1) is 0 Å². The molecule has 0 saturated carbocycles. The minimum absolute atomic E-state index is 0.00998. The molecule has 84 valence electrons. The van der Waals surface area contributed by atoms with E-state index >= 15 is 0 Å². The molecule has 2 rings (SSSR count). The Labute approximate surface area is 107 Å². The summed E-state index contributed by atoms with van der Waals surface area (Å²) in [5.74, 6) is 3.06. The monoisotopic (exact) mass is 329 g/mol. The highest BCUT2D eigenvalue weighted by atomic mass is 127. The number of hydrogen-bond acceptors (Lipinski definition) is 2. The molecule has 1 unspecified atom stereocenters. The van der Waals surface area contributed by atoms with Gasteiger partial charge in [-0.15, -0.1) is 0 Å². The van der Waals surface area contributed by atoms with Gasteiger partial charge in [-0.05, 0) is 24.5 Å². The molecule has 2 nitrogen and oxygen atoms in total. The Morgan fingerprint density at radius 3 is 3.00 bits per heavy atom. The zero-order chi connectivity index (χ0) is 11.1. The minimum atomic E-state index is -0.181. The molecule has 1 aromatic rings. The molecule has 0 aliphatic carbocycles. The third-order valence-electron chi connectivity index (χ3n) is 2.19. The Hall–Kier alpha value is -0.570. The van der Waals surface area contributed by atoms with Gasteiger partial charge in [0.1, 0.15) is 6.61 Å². The van der Waals surface area contributed by atoms with Crippen LogP contribution in [0.2, 0.25) is 0 Å². The van der Waals surface area contributed by atoms with Crippen LogP contribution in [0.1, 0.15) is 12.8 Å². The zero-order valence-electron chi connectivity index (χ0n) is 8.99. The normalized spacial score (nSPS) is 19.1. The summed E-state index contributed by atoms with van der Waals surface area (Å²) in [6.45, 7) is 1.33. The molecule has 0 N–H and O–H groups in total. The van der Waals surface area contributed by atoms with E-state index in [1.165, 1.54) is 3.57 Å². The zero-order valence-corrected chi connectivity index (χ0v) is 11.1. The molecular weight excluding hydrogens is 315 g/mol. The number of ether oxygens (including phenoxy) is 2. The molecule has 3 heteroatoms. The molecule has 1 aromatic carbocycles. The van der Waals surface area contributed by atoms with Gasteiger partial charge in [-0.1, -0.05) is 18.2 Å². The van der Waals surface area contributed by atoms with Gasteiger partial charge in [0.2, 0.25) is 3.57 Å². The summed E-state index contributed by atoms with van der Waals surface area (Å²) < 4.78 is 15.4. The first-order valence-corrected chi connectivity index (χ1v) is 7.51. The lowest BCUT2D eigenvalue weighted by molar-refractivity contribution is -0.535. The van der Waals surface area contributed by atoms with Crippen molar-refractivity contribution < 1.29 is 30.7 Å². The maximum absolute atomic E-state index is 5.46. The summed E-state index contributed by atoms with van der Waals surface area (Å²) in [5.41, 5.74) is 0. The van der Waals surface area contributed by atoms with Crippen LogP contribution in [0.5, 0.6) is 0 Å². The third kappa shape index (κ3) is 4.12. The van der Waals surface area contributed by atoms with Crippen LogP contribution < -0.4 is 21.2 Å². The number of hydrogen-bond donors (Lipinski definition) is 0. The van der Waals surface area contributed by atoms with Crippen molar-refractivity contribution in [3.8, 4) is 9.85 Å². The second-order valence-electron chi connectivity index (χ2n) is 3.41. The van der Waals surface area contributed by atoms with Crippen LogP contribution in [0.3, 0.4) is 0 Å². The van der Waals surface area contributed by atoms with Gasteiger partial charge in [0, 0.05) is 13.0 Å². The second-order valence-corrected chi connectivity index (χ2v) is 5.74. The molecule has 1 atom stereocenters. The van der Waals surface area contributed by atoms with Gasteiger partial charge >= 0.3 is 21.2 Å². The predicted molar refractivity (Wildman–Crippen MR) is 57.8 cm³/mol. The topological polar surface area (TPSA) is 18.5 Å². The molecule has 1 aliphatic heterocycles. The molecule has 1 aliphatic rings. The molecule has 0 amide bonds. The summed E-state index contributed by atoms with van der Waals surface area (Å²) in [7, 11) is 0. The SMILES string of the molecule is C(#C[I+]c1ccccc1)COC1CCCO1. The average Bonchev–Trinajstić information content (AvgIpc) is 2.83. The third-order valence-corrected chi connectivity index (χ3v) is 4.18. The van der Waals surface area contributed by atoms with E-state index in [1.54, 1.807) is 0 Å². The highest BCUT2D eigenvalue weighted by Crippen LogP contribution is 2.12. The summed E-state index contributed by atoms with van der Waals surface area (Å²) in [6, 6.07) is 10.4. The molecule has 1 fully saturated rings. The first-order chi connectivity index (χ1) is 7.95. The van der Waals surface area contributed by atoms with Gasteiger partial charge in [0.15, 0.2) is 10.2 Å². The van der Waals surface area contributed by atoms with Crippen molar-refractivity contribution in [3.05, 3.63) is 33.9 Å². The second kappa shape index (κ2) is 6.89. The Morgan fingerprint density at radius 1 is 1.38 bits per heavy atom. The van der Waals surface area contributed by atoms with E-state index in [-0.39, 0.29) is 27.5 Å². The molecule has 1 heterocycles. The van der Waals surface area contributed by atoms with Crippen molar-refractivity contribution in [2.45, 2.75) is 19.1 Å². The lowest BCUT2D eigenvalue weighted by atomic mass is 10.4. The molecule has 0 bridgehead atoms. The Balaban J connectivity index is 1.66. The van der Waals surface area contributed by atoms with E-state index in [4.69, 9.17) is 9.47 Å². The van der Waals surface area contributed by atoms with E-state index in [9.17, 15) is 0 Å². The summed E-state index contributed by atoms with van der Waals surface area (Å²) >= 11 is -0.181. The van der Waals surface area contributed by atoms with Crippen LogP contribution in [-0.4, -0.2) is 19.5 Å². The smallest absolute Gasteiger partial charge is 0.353 e.